The van der Waals surface area contributed by atoms with Gasteiger partial charge in [-0.1, -0.05) is 13.8 Å². The highest BCUT2D eigenvalue weighted by atomic mass is 127. The van der Waals surface area contributed by atoms with Crippen LogP contribution in [0.5, 0.6) is 0 Å². The van der Waals surface area contributed by atoms with Gasteiger partial charge in [-0.05, 0) is 60.4 Å². The molecule has 5 nitrogen and oxygen atoms in total. The monoisotopic (exact) mass is 390 g/mol. The minimum absolute atomic E-state index is 0.0457. The summed E-state index contributed by atoms with van der Waals surface area (Å²) in [5, 5.41) is 3.54. The van der Waals surface area contributed by atoms with E-state index in [1.807, 2.05) is 0 Å². The van der Waals surface area contributed by atoms with Gasteiger partial charge < -0.3 is 15.2 Å². The molecule has 1 aliphatic heterocycles. The zero-order chi connectivity index (χ0) is 14.5. The zero-order valence-electron chi connectivity index (χ0n) is 12.2. The Balaban J connectivity index is 1.96. The molecule has 0 aromatic carbocycles. The molecule has 0 amide bonds. The maximum atomic E-state index is 11.7. The van der Waals surface area contributed by atoms with Crippen molar-refractivity contribution in [3.63, 3.8) is 0 Å². The van der Waals surface area contributed by atoms with E-state index in [-0.39, 0.29) is 5.56 Å². The summed E-state index contributed by atoms with van der Waals surface area (Å²) in [4.78, 5) is 20.9. The topological polar surface area (TPSA) is 61.0 Å². The number of halogens is 1. The van der Waals surface area contributed by atoms with Crippen LogP contribution in [-0.2, 0) is 0 Å². The number of rotatable bonds is 5. The second-order valence-corrected chi connectivity index (χ2v) is 6.95. The van der Waals surface area contributed by atoms with Crippen molar-refractivity contribution in [1.29, 1.82) is 0 Å². The Bertz CT molecular complexity index is 488. The molecule has 2 heterocycles. The van der Waals surface area contributed by atoms with Crippen LogP contribution in [0.1, 0.15) is 26.7 Å². The first-order valence-electron chi connectivity index (χ1n) is 7.26. The summed E-state index contributed by atoms with van der Waals surface area (Å²) in [6, 6.07) is 0. The van der Waals surface area contributed by atoms with Crippen molar-refractivity contribution in [2.24, 2.45) is 11.8 Å². The average molecular weight is 390 g/mol. The smallest absolute Gasteiger partial charge is 0.266 e. The van der Waals surface area contributed by atoms with Gasteiger partial charge >= 0.3 is 0 Å². The normalized spacial score (nSPS) is 19.6. The van der Waals surface area contributed by atoms with Crippen LogP contribution in [0.25, 0.3) is 0 Å². The molecule has 20 heavy (non-hydrogen) atoms. The predicted octanol–water partition coefficient (Wildman–Crippen LogP) is 1.84. The van der Waals surface area contributed by atoms with Gasteiger partial charge in [-0.25, -0.2) is 4.98 Å². The molecule has 1 unspecified atom stereocenters. The van der Waals surface area contributed by atoms with Gasteiger partial charge in [0.25, 0.3) is 5.56 Å². The van der Waals surface area contributed by atoms with Crippen molar-refractivity contribution in [1.82, 2.24) is 15.3 Å². The van der Waals surface area contributed by atoms with E-state index in [0.717, 1.165) is 32.0 Å². The molecule has 1 aromatic rings. The van der Waals surface area contributed by atoms with E-state index in [1.165, 1.54) is 19.2 Å². The van der Waals surface area contributed by atoms with Crippen LogP contribution in [0, 0.1) is 15.4 Å². The second-order valence-electron chi connectivity index (χ2n) is 5.88. The number of nitrogens with zero attached hydrogens (tertiary/aromatic N) is 2. The van der Waals surface area contributed by atoms with E-state index < -0.39 is 0 Å². The van der Waals surface area contributed by atoms with Crippen molar-refractivity contribution in [3.05, 3.63) is 20.3 Å². The summed E-state index contributed by atoms with van der Waals surface area (Å²) in [5.41, 5.74) is -0.0457. The van der Waals surface area contributed by atoms with Crippen LogP contribution in [0.3, 0.4) is 0 Å². The fraction of sp³-hybridized carbons (Fsp3) is 0.714. The van der Waals surface area contributed by atoms with Crippen LogP contribution < -0.4 is 15.8 Å². The Kier molecular flexibility index (Phi) is 5.83. The lowest BCUT2D eigenvalue weighted by Crippen LogP contribution is -2.41. The summed E-state index contributed by atoms with van der Waals surface area (Å²) in [7, 11) is 0. The molecule has 1 saturated heterocycles. The minimum atomic E-state index is -0.0457. The lowest BCUT2D eigenvalue weighted by Gasteiger charge is -2.34. The summed E-state index contributed by atoms with van der Waals surface area (Å²) >= 11 is 2.09. The first-order valence-corrected chi connectivity index (χ1v) is 8.34. The number of hydrogen-bond acceptors (Lipinski definition) is 4. The van der Waals surface area contributed by atoms with Gasteiger partial charge in [-0.2, -0.15) is 0 Å². The number of anilines is 1. The fourth-order valence-electron chi connectivity index (χ4n) is 2.59. The molecule has 1 aromatic heterocycles. The lowest BCUT2D eigenvalue weighted by atomic mass is 9.98. The van der Waals surface area contributed by atoms with E-state index in [0.29, 0.717) is 15.4 Å². The molecule has 2 rings (SSSR count). The standard InChI is InChI=1S/C14H23IN4O/c1-10(2)6-16-7-11-4-3-5-19(8-11)13-12(15)14(20)18-9-17-13/h9-11,16H,3-8H2,1-2H3,(H,17,18,20). The third kappa shape index (κ3) is 4.18. The molecule has 2 N–H and O–H groups in total. The number of aromatic nitrogens is 2. The Morgan fingerprint density at radius 1 is 1.60 bits per heavy atom. The first-order chi connectivity index (χ1) is 9.58. The predicted molar refractivity (Wildman–Crippen MR) is 90.2 cm³/mol. The van der Waals surface area contributed by atoms with Crippen LogP contribution in [0.2, 0.25) is 0 Å². The van der Waals surface area contributed by atoms with Crippen LogP contribution in [0.4, 0.5) is 5.82 Å². The fourth-order valence-corrected chi connectivity index (χ4v) is 3.23. The molecule has 0 bridgehead atoms. The van der Waals surface area contributed by atoms with Gasteiger partial charge in [0.05, 0.1) is 6.33 Å². The Morgan fingerprint density at radius 2 is 2.40 bits per heavy atom. The Hall–Kier alpha value is -0.630. The average Bonchev–Trinajstić information content (AvgIpc) is 2.42. The van der Waals surface area contributed by atoms with Crippen molar-refractivity contribution in [3.8, 4) is 0 Å². The first kappa shape index (κ1) is 15.8. The van der Waals surface area contributed by atoms with Crippen LogP contribution in [-0.4, -0.2) is 36.1 Å². The highest BCUT2D eigenvalue weighted by Crippen LogP contribution is 2.23. The van der Waals surface area contributed by atoms with Gasteiger partial charge in [-0.15, -0.1) is 0 Å². The van der Waals surface area contributed by atoms with Gasteiger partial charge in [0.1, 0.15) is 9.39 Å². The van der Waals surface area contributed by atoms with Crippen molar-refractivity contribution in [2.75, 3.05) is 31.1 Å². The molecule has 112 valence electrons. The number of hydrogen-bond donors (Lipinski definition) is 2. The maximum absolute atomic E-state index is 11.7. The minimum Gasteiger partial charge on any atom is -0.355 e. The van der Waals surface area contributed by atoms with E-state index in [9.17, 15) is 4.79 Å². The highest BCUT2D eigenvalue weighted by molar-refractivity contribution is 14.1. The molecule has 0 saturated carbocycles. The third-order valence-corrected chi connectivity index (χ3v) is 4.55. The quantitative estimate of drug-likeness (QED) is 0.754. The molecular weight excluding hydrogens is 367 g/mol. The molecule has 0 spiro atoms. The second kappa shape index (κ2) is 7.40. The van der Waals surface area contributed by atoms with Crippen LogP contribution in [0.15, 0.2) is 11.1 Å². The number of H-pyrrole nitrogens is 1. The number of nitrogens with one attached hydrogen (secondary N) is 2. The molecule has 0 aliphatic carbocycles. The Labute approximate surface area is 133 Å². The maximum Gasteiger partial charge on any atom is 0.266 e. The van der Waals surface area contributed by atoms with Crippen molar-refractivity contribution < 1.29 is 0 Å². The highest BCUT2D eigenvalue weighted by Gasteiger charge is 2.22. The van der Waals surface area contributed by atoms with Gasteiger partial charge in [0, 0.05) is 13.1 Å². The van der Waals surface area contributed by atoms with Crippen molar-refractivity contribution >= 4 is 28.4 Å². The summed E-state index contributed by atoms with van der Waals surface area (Å²) < 4.78 is 0.695. The molecule has 1 atom stereocenters. The molecule has 6 heteroatoms. The van der Waals surface area contributed by atoms with Crippen molar-refractivity contribution in [2.45, 2.75) is 26.7 Å². The summed E-state index contributed by atoms with van der Waals surface area (Å²) in [5.74, 6) is 2.16. The molecule has 1 aliphatic rings. The SMILES string of the molecule is CC(C)CNCC1CCCN(c2nc[nH]c(=O)c2I)C1. The largest absolute Gasteiger partial charge is 0.355 e. The molecular formula is C14H23IN4O. The lowest BCUT2D eigenvalue weighted by molar-refractivity contribution is 0.381. The third-order valence-electron chi connectivity index (χ3n) is 3.58. The van der Waals surface area contributed by atoms with E-state index >= 15 is 0 Å². The molecule has 0 radical (unpaired) electrons. The van der Waals surface area contributed by atoms with Gasteiger partial charge in [0.15, 0.2) is 0 Å². The van der Waals surface area contributed by atoms with E-state index in [2.05, 4.69) is 56.6 Å². The number of piperidine rings is 1. The van der Waals surface area contributed by atoms with Gasteiger partial charge in [0.2, 0.25) is 0 Å². The molecule has 1 fully saturated rings. The van der Waals surface area contributed by atoms with E-state index in [4.69, 9.17) is 0 Å². The van der Waals surface area contributed by atoms with E-state index in [1.54, 1.807) is 0 Å². The van der Waals surface area contributed by atoms with Gasteiger partial charge in [-0.3, -0.25) is 4.79 Å². The summed E-state index contributed by atoms with van der Waals surface area (Å²) in [6.45, 7) is 8.54. The number of aromatic amines is 1. The Morgan fingerprint density at radius 3 is 3.15 bits per heavy atom. The summed E-state index contributed by atoms with van der Waals surface area (Å²) in [6.07, 6.45) is 3.92. The zero-order valence-corrected chi connectivity index (χ0v) is 14.3. The van der Waals surface area contributed by atoms with Crippen LogP contribution >= 0.6 is 22.6 Å².